The van der Waals surface area contributed by atoms with Gasteiger partial charge in [0.1, 0.15) is 11.5 Å². The molecule has 3 aromatic rings. The molecule has 3 rings (SSSR count). The fraction of sp³-hybridized carbons (Fsp3) is 0.447. The third-order valence-corrected chi connectivity index (χ3v) is 7.59. The Morgan fingerprint density at radius 2 is 1.41 bits per heavy atom. The second-order valence-electron chi connectivity index (χ2n) is 11.5. The van der Waals surface area contributed by atoms with Crippen LogP contribution in [0.2, 0.25) is 0 Å². The van der Waals surface area contributed by atoms with Gasteiger partial charge in [-0.25, -0.2) is 9.98 Å². The van der Waals surface area contributed by atoms with E-state index in [9.17, 15) is 0 Å². The molecular formula is C38H52N4O2. The Kier molecular flexibility index (Phi) is 14.8. The van der Waals surface area contributed by atoms with E-state index in [2.05, 4.69) is 81.3 Å². The van der Waals surface area contributed by atoms with Crippen molar-refractivity contribution in [2.24, 2.45) is 15.0 Å². The number of ether oxygens (including phenoxy) is 2. The Morgan fingerprint density at radius 3 is 2.11 bits per heavy atom. The Hall–Kier alpha value is -3.77. The first-order chi connectivity index (χ1) is 21.4. The van der Waals surface area contributed by atoms with Gasteiger partial charge < -0.3 is 14.8 Å². The van der Waals surface area contributed by atoms with Crippen molar-refractivity contribution in [3.05, 3.63) is 93.5 Å². The molecule has 0 heterocycles. The molecule has 0 aliphatic rings. The summed E-state index contributed by atoms with van der Waals surface area (Å²) < 4.78 is 12.5. The summed E-state index contributed by atoms with van der Waals surface area (Å²) in [7, 11) is 3.73. The van der Waals surface area contributed by atoms with Crippen LogP contribution in [0.5, 0.6) is 11.5 Å². The highest BCUT2D eigenvalue weighted by Gasteiger charge is 2.15. The lowest BCUT2D eigenvalue weighted by Gasteiger charge is -2.15. The summed E-state index contributed by atoms with van der Waals surface area (Å²) in [5, 5.41) is 3.20. The van der Waals surface area contributed by atoms with E-state index < -0.39 is 0 Å². The van der Waals surface area contributed by atoms with Crippen molar-refractivity contribution >= 4 is 17.9 Å². The zero-order chi connectivity index (χ0) is 31.7. The highest BCUT2D eigenvalue weighted by molar-refractivity contribution is 6.15. The Morgan fingerprint density at radius 1 is 0.727 bits per heavy atom. The van der Waals surface area contributed by atoms with Crippen molar-refractivity contribution in [2.45, 2.75) is 79.6 Å². The number of nitrogens with one attached hydrogen (secondary N) is 1. The maximum Gasteiger partial charge on any atom is 0.165 e. The average molecular weight is 597 g/mol. The summed E-state index contributed by atoms with van der Waals surface area (Å²) in [5.74, 6) is 2.66. The van der Waals surface area contributed by atoms with Gasteiger partial charge in [0, 0.05) is 24.9 Å². The van der Waals surface area contributed by atoms with Crippen molar-refractivity contribution in [1.82, 2.24) is 5.32 Å². The molecule has 0 spiro atoms. The van der Waals surface area contributed by atoms with Gasteiger partial charge in [0.05, 0.1) is 18.8 Å². The van der Waals surface area contributed by atoms with Crippen LogP contribution in [0.1, 0.15) is 90.8 Å². The van der Waals surface area contributed by atoms with Crippen LogP contribution >= 0.6 is 0 Å². The maximum atomic E-state index is 6.37. The van der Waals surface area contributed by atoms with E-state index >= 15 is 0 Å². The van der Waals surface area contributed by atoms with Crippen LogP contribution < -0.4 is 14.8 Å². The summed E-state index contributed by atoms with van der Waals surface area (Å²) in [6, 6.07) is 18.7. The number of unbranched alkanes of at least 4 members (excludes halogenated alkanes) is 5. The fourth-order valence-corrected chi connectivity index (χ4v) is 5.06. The van der Waals surface area contributed by atoms with E-state index in [4.69, 9.17) is 19.5 Å². The van der Waals surface area contributed by atoms with Gasteiger partial charge in [-0.15, -0.1) is 0 Å². The first-order valence-electron chi connectivity index (χ1n) is 16.1. The van der Waals surface area contributed by atoms with E-state index in [-0.39, 0.29) is 0 Å². The smallest absolute Gasteiger partial charge is 0.165 e. The van der Waals surface area contributed by atoms with Gasteiger partial charge in [-0.05, 0) is 83.0 Å². The molecule has 0 unspecified atom stereocenters. The topological polar surface area (TPSA) is 67.6 Å². The van der Waals surface area contributed by atoms with Crippen LogP contribution in [0.3, 0.4) is 0 Å². The third-order valence-electron chi connectivity index (χ3n) is 7.59. The zero-order valence-electron chi connectivity index (χ0n) is 28.0. The molecule has 0 aliphatic carbocycles. The molecule has 0 aliphatic heterocycles. The normalized spacial score (nSPS) is 12.2. The highest BCUT2D eigenvalue weighted by atomic mass is 16.5. The molecule has 0 aromatic heterocycles. The molecule has 236 valence electrons. The van der Waals surface area contributed by atoms with Gasteiger partial charge in [-0.1, -0.05) is 86.6 Å². The summed E-state index contributed by atoms with van der Waals surface area (Å²) in [5.41, 5.74) is 7.52. The van der Waals surface area contributed by atoms with Crippen LogP contribution in [-0.4, -0.2) is 51.7 Å². The maximum absolute atomic E-state index is 6.37. The molecule has 0 radical (unpaired) electrons. The predicted molar refractivity (Wildman–Crippen MR) is 188 cm³/mol. The van der Waals surface area contributed by atoms with Gasteiger partial charge in [0.25, 0.3) is 0 Å². The van der Waals surface area contributed by atoms with Crippen LogP contribution in [0.25, 0.3) is 0 Å². The number of nitrogens with zero attached hydrogens (tertiary/aromatic N) is 3. The van der Waals surface area contributed by atoms with Crippen molar-refractivity contribution < 1.29 is 9.47 Å². The summed E-state index contributed by atoms with van der Waals surface area (Å²) in [4.78, 5) is 14.6. The molecule has 0 fully saturated rings. The van der Waals surface area contributed by atoms with Crippen LogP contribution in [0, 0.1) is 27.7 Å². The number of rotatable bonds is 16. The minimum atomic E-state index is 0.539. The van der Waals surface area contributed by atoms with E-state index in [0.717, 1.165) is 53.0 Å². The van der Waals surface area contributed by atoms with Crippen molar-refractivity contribution in [3.63, 3.8) is 0 Å². The molecule has 1 N–H and O–H groups in total. The third kappa shape index (κ3) is 11.1. The van der Waals surface area contributed by atoms with Crippen molar-refractivity contribution in [3.8, 4) is 11.5 Å². The minimum Gasteiger partial charge on any atom is -0.493 e. The van der Waals surface area contributed by atoms with Crippen LogP contribution in [-0.2, 0) is 0 Å². The fourth-order valence-electron chi connectivity index (χ4n) is 5.06. The van der Waals surface area contributed by atoms with Gasteiger partial charge in [0.15, 0.2) is 11.7 Å². The lowest BCUT2D eigenvalue weighted by Crippen LogP contribution is -2.13. The van der Waals surface area contributed by atoms with Gasteiger partial charge >= 0.3 is 0 Å². The minimum absolute atomic E-state index is 0.539. The molecule has 0 bridgehead atoms. The molecule has 3 aromatic carbocycles. The van der Waals surface area contributed by atoms with Crippen molar-refractivity contribution in [2.75, 3.05) is 33.9 Å². The standard InChI is InChI=1S/C38H52N4O2/c1-8-9-10-11-12-13-22-43-33-18-20-35(36(26-33)44-23-14-21-39-6)38(41-27-32-17-15-28(2)24-30(32)4)42-37(40-7)34-19-16-29(3)25-31(34)5/h15-20,24-27,39H,8-14,21-23H2,1-7H3. The lowest BCUT2D eigenvalue weighted by atomic mass is 10.0. The molecule has 44 heavy (non-hydrogen) atoms. The van der Waals surface area contributed by atoms with Crippen LogP contribution in [0.4, 0.5) is 0 Å². The average Bonchev–Trinajstić information content (AvgIpc) is 3.00. The number of benzene rings is 3. The second-order valence-corrected chi connectivity index (χ2v) is 11.5. The lowest BCUT2D eigenvalue weighted by molar-refractivity contribution is 0.291. The van der Waals surface area contributed by atoms with E-state index in [1.807, 2.05) is 31.5 Å². The molecule has 6 heteroatoms. The van der Waals surface area contributed by atoms with E-state index in [1.165, 1.54) is 43.2 Å². The largest absolute Gasteiger partial charge is 0.493 e. The van der Waals surface area contributed by atoms with Gasteiger partial charge in [0.2, 0.25) is 0 Å². The number of aryl methyl sites for hydroxylation is 4. The molecule has 0 atom stereocenters. The van der Waals surface area contributed by atoms with Crippen molar-refractivity contribution in [1.29, 1.82) is 0 Å². The second kappa shape index (κ2) is 18.8. The number of aliphatic imine (C=N–C) groups is 3. The summed E-state index contributed by atoms with van der Waals surface area (Å²) in [6.07, 6.45) is 10.1. The highest BCUT2D eigenvalue weighted by Crippen LogP contribution is 2.28. The van der Waals surface area contributed by atoms with E-state index in [1.54, 1.807) is 7.05 Å². The Labute approximate surface area is 265 Å². The first-order valence-corrected chi connectivity index (χ1v) is 16.1. The SMILES string of the molecule is CCCCCCCCOc1ccc(C(N=Cc2ccc(C)cc2C)=NC(=NC)c2ccc(C)cc2C)c(OCCCNC)c1. The molecule has 6 nitrogen and oxygen atoms in total. The molecule has 0 amide bonds. The summed E-state index contributed by atoms with van der Waals surface area (Å²) in [6.45, 7) is 12.8. The monoisotopic (exact) mass is 596 g/mol. The summed E-state index contributed by atoms with van der Waals surface area (Å²) >= 11 is 0. The first kappa shape index (κ1) is 34.7. The van der Waals surface area contributed by atoms with Gasteiger partial charge in [-0.3, -0.25) is 4.99 Å². The quantitative estimate of drug-likeness (QED) is 0.102. The molecule has 0 saturated heterocycles. The number of hydrogen-bond donors (Lipinski definition) is 1. The Bertz CT molecular complexity index is 1420. The molecule has 0 saturated carbocycles. The predicted octanol–water partition coefficient (Wildman–Crippen LogP) is 8.59. The van der Waals surface area contributed by atoms with Gasteiger partial charge in [-0.2, -0.15) is 0 Å². The molecular weight excluding hydrogens is 544 g/mol. The number of hydrogen-bond acceptors (Lipinski definition) is 4. The zero-order valence-corrected chi connectivity index (χ0v) is 28.0. The van der Waals surface area contributed by atoms with Crippen LogP contribution in [0.15, 0.2) is 69.6 Å². The number of amidine groups is 2. The van der Waals surface area contributed by atoms with E-state index in [0.29, 0.717) is 30.6 Å². The Balaban J connectivity index is 2.01.